The van der Waals surface area contributed by atoms with Gasteiger partial charge in [0, 0.05) is 32.7 Å². The van der Waals surface area contributed by atoms with Crippen molar-refractivity contribution >= 4 is 12.1 Å². The van der Waals surface area contributed by atoms with E-state index in [1.54, 1.807) is 6.34 Å². The van der Waals surface area contributed by atoms with E-state index < -0.39 is 0 Å². The molecule has 0 bridgehead atoms. The molecule has 1 aromatic rings. The minimum atomic E-state index is 0. The zero-order chi connectivity index (χ0) is 9.10. The van der Waals surface area contributed by atoms with E-state index in [0.29, 0.717) is 0 Å². The molecule has 0 amide bonds. The summed E-state index contributed by atoms with van der Waals surface area (Å²) < 4.78 is 0. The third-order valence-electron chi connectivity index (χ3n) is 2.08. The van der Waals surface area contributed by atoms with Gasteiger partial charge in [0.05, 0.1) is 0 Å². The molecule has 0 aromatic heterocycles. The molecule has 69 valence electrons. The van der Waals surface area contributed by atoms with E-state index in [9.17, 15) is 0 Å². The van der Waals surface area contributed by atoms with Crippen LogP contribution in [0.3, 0.4) is 0 Å². The molecule has 0 saturated heterocycles. The minimum Gasteiger partial charge on any atom is -0.436 e. The Labute approximate surface area is 109 Å². The van der Waals surface area contributed by atoms with Gasteiger partial charge in [-0.3, -0.25) is 0 Å². The summed E-state index contributed by atoms with van der Waals surface area (Å²) in [5.74, 6) is 0.200. The number of rotatable bonds is 1. The SMILES string of the molecule is CC1=NC=N[CH-]C1c1[c-]cccc1.[Y]. The first-order valence-corrected chi connectivity index (χ1v) is 4.24. The van der Waals surface area contributed by atoms with Crippen LogP contribution in [0, 0.1) is 12.6 Å². The summed E-state index contributed by atoms with van der Waals surface area (Å²) in [6, 6.07) is 11.1. The van der Waals surface area contributed by atoms with Gasteiger partial charge in [-0.15, -0.1) is 6.54 Å². The largest absolute Gasteiger partial charge is 0.436 e. The molecule has 1 unspecified atom stereocenters. The molecule has 0 fully saturated rings. The van der Waals surface area contributed by atoms with Gasteiger partial charge in [-0.05, 0) is 24.9 Å². The van der Waals surface area contributed by atoms with Crippen molar-refractivity contribution < 1.29 is 32.7 Å². The van der Waals surface area contributed by atoms with Gasteiger partial charge in [-0.2, -0.15) is 35.9 Å². The Morgan fingerprint density at radius 2 is 2.29 bits per heavy atom. The van der Waals surface area contributed by atoms with Crippen LogP contribution in [0.5, 0.6) is 0 Å². The average Bonchev–Trinajstić information content (AvgIpc) is 2.20. The van der Waals surface area contributed by atoms with Gasteiger partial charge in [-0.1, -0.05) is 0 Å². The molecule has 0 N–H and O–H groups in total. The average molecular weight is 259 g/mol. The molecule has 2 nitrogen and oxygen atoms in total. The van der Waals surface area contributed by atoms with Crippen LogP contribution in [-0.4, -0.2) is 12.1 Å². The van der Waals surface area contributed by atoms with Gasteiger partial charge in [0.25, 0.3) is 0 Å². The van der Waals surface area contributed by atoms with Gasteiger partial charge in [0.2, 0.25) is 0 Å². The van der Waals surface area contributed by atoms with Crippen LogP contribution in [0.1, 0.15) is 18.4 Å². The molecule has 1 aliphatic heterocycles. The second-order valence-electron chi connectivity index (χ2n) is 2.98. The van der Waals surface area contributed by atoms with Gasteiger partial charge in [0.1, 0.15) is 0 Å². The van der Waals surface area contributed by atoms with E-state index in [4.69, 9.17) is 0 Å². The van der Waals surface area contributed by atoms with Crippen molar-refractivity contribution in [1.29, 1.82) is 0 Å². The molecule has 0 aliphatic carbocycles. The van der Waals surface area contributed by atoms with Gasteiger partial charge >= 0.3 is 0 Å². The van der Waals surface area contributed by atoms with Crippen LogP contribution in [0.15, 0.2) is 34.3 Å². The van der Waals surface area contributed by atoms with Crippen molar-refractivity contribution in [3.8, 4) is 0 Å². The second kappa shape index (κ2) is 5.42. The molecule has 0 spiro atoms. The smallest absolute Gasteiger partial charge is 0 e. The number of hydrogen-bond donors (Lipinski definition) is 0. The molecule has 1 aliphatic rings. The summed E-state index contributed by atoms with van der Waals surface area (Å²) in [5, 5.41) is 0. The van der Waals surface area contributed by atoms with Crippen LogP contribution in [0.4, 0.5) is 0 Å². The Morgan fingerprint density at radius 3 is 2.93 bits per heavy atom. The van der Waals surface area contributed by atoms with Crippen molar-refractivity contribution in [2.75, 3.05) is 0 Å². The Kier molecular flexibility index (Phi) is 4.50. The second-order valence-corrected chi connectivity index (χ2v) is 2.98. The predicted octanol–water partition coefficient (Wildman–Crippen LogP) is 2.23. The van der Waals surface area contributed by atoms with E-state index in [0.717, 1.165) is 11.3 Å². The first kappa shape index (κ1) is 11.6. The van der Waals surface area contributed by atoms with E-state index in [1.165, 1.54) is 0 Å². The number of hydrogen-bond acceptors (Lipinski definition) is 2. The zero-order valence-corrected chi connectivity index (χ0v) is 10.9. The molecule has 0 saturated carbocycles. The van der Waals surface area contributed by atoms with Crippen molar-refractivity contribution in [1.82, 2.24) is 0 Å². The standard InChI is InChI=1S/C11H10N2.Y/c1-9-11(7-12-8-13-9)10-5-3-2-4-6-10;/h2-5,7-8,11H,1H3;/q-2;. The molecule has 1 heterocycles. The fourth-order valence-corrected chi connectivity index (χ4v) is 1.34. The van der Waals surface area contributed by atoms with Gasteiger partial charge in [0.15, 0.2) is 0 Å². The van der Waals surface area contributed by atoms with Crippen molar-refractivity contribution in [2.45, 2.75) is 12.8 Å². The Morgan fingerprint density at radius 1 is 1.43 bits per heavy atom. The maximum absolute atomic E-state index is 4.16. The van der Waals surface area contributed by atoms with Gasteiger partial charge < -0.3 is 9.98 Å². The minimum absolute atomic E-state index is 0. The molecule has 2 rings (SSSR count). The molecular weight excluding hydrogens is 249 g/mol. The van der Waals surface area contributed by atoms with Crippen molar-refractivity contribution in [3.05, 3.63) is 42.4 Å². The zero-order valence-electron chi connectivity index (χ0n) is 8.01. The van der Waals surface area contributed by atoms with E-state index in [2.05, 4.69) is 16.1 Å². The monoisotopic (exact) mass is 259 g/mol. The first-order chi connectivity index (χ1) is 6.38. The maximum Gasteiger partial charge on any atom is 0 e. The molecule has 1 atom stereocenters. The summed E-state index contributed by atoms with van der Waals surface area (Å²) in [6.45, 7) is 3.90. The third kappa shape index (κ3) is 2.52. The van der Waals surface area contributed by atoms with Gasteiger partial charge in [-0.25, -0.2) is 0 Å². The Balaban J connectivity index is 0.000000980. The fraction of sp³-hybridized carbons (Fsp3) is 0.182. The van der Waals surface area contributed by atoms with Crippen LogP contribution < -0.4 is 0 Å². The third-order valence-corrected chi connectivity index (χ3v) is 2.08. The van der Waals surface area contributed by atoms with Crippen LogP contribution in [0.25, 0.3) is 0 Å². The number of aliphatic imine (C=N–C) groups is 2. The Hall–Kier alpha value is -0.466. The normalized spacial score (nSPS) is 19.2. The summed E-state index contributed by atoms with van der Waals surface area (Å²) in [7, 11) is 0. The summed E-state index contributed by atoms with van der Waals surface area (Å²) in [6.07, 6.45) is 1.58. The van der Waals surface area contributed by atoms with Crippen molar-refractivity contribution in [2.24, 2.45) is 9.98 Å². The topological polar surface area (TPSA) is 24.7 Å². The van der Waals surface area contributed by atoms with E-state index >= 15 is 0 Å². The number of nitrogens with zero attached hydrogens (tertiary/aromatic N) is 2. The molecule has 1 radical (unpaired) electrons. The van der Waals surface area contributed by atoms with Crippen LogP contribution in [0.2, 0.25) is 0 Å². The molecule has 3 heteroatoms. The molecule has 1 aromatic carbocycles. The molecule has 14 heavy (non-hydrogen) atoms. The maximum atomic E-state index is 4.16. The predicted molar refractivity (Wildman–Crippen MR) is 53.9 cm³/mol. The fourth-order valence-electron chi connectivity index (χ4n) is 1.34. The van der Waals surface area contributed by atoms with E-state index in [-0.39, 0.29) is 38.6 Å². The Bertz CT molecular complexity index is 344. The number of benzene rings is 1. The summed E-state index contributed by atoms with van der Waals surface area (Å²) in [5.41, 5.74) is 2.19. The van der Waals surface area contributed by atoms with Crippen LogP contribution in [-0.2, 0) is 32.7 Å². The summed E-state index contributed by atoms with van der Waals surface area (Å²) >= 11 is 0. The summed E-state index contributed by atoms with van der Waals surface area (Å²) in [4.78, 5) is 8.19. The van der Waals surface area contributed by atoms with Crippen LogP contribution >= 0.6 is 0 Å². The quantitative estimate of drug-likeness (QED) is 0.691. The van der Waals surface area contributed by atoms with Crippen molar-refractivity contribution in [3.63, 3.8) is 0 Å². The van der Waals surface area contributed by atoms with E-state index in [1.807, 2.05) is 37.7 Å². The first-order valence-electron chi connectivity index (χ1n) is 4.24. The molecular formula is C11H10N2Y-2.